The van der Waals surface area contributed by atoms with Crippen LogP contribution in [0.25, 0.3) is 5.57 Å². The number of allylic oxidation sites excluding steroid dienone is 1. The van der Waals surface area contributed by atoms with Crippen LogP contribution in [0, 0.1) is 18.3 Å². The van der Waals surface area contributed by atoms with Crippen molar-refractivity contribution < 1.29 is 0 Å². The first kappa shape index (κ1) is 13.3. The van der Waals surface area contributed by atoms with E-state index >= 15 is 0 Å². The summed E-state index contributed by atoms with van der Waals surface area (Å²) in [6.45, 7) is 1.87. The summed E-state index contributed by atoms with van der Waals surface area (Å²) in [7, 11) is 0. The highest BCUT2D eigenvalue weighted by atomic mass is 14.7. The number of aryl methyl sites for hydroxylation is 1. The molecule has 3 heteroatoms. The fourth-order valence-electron chi connectivity index (χ4n) is 2.41. The molecule has 0 spiro atoms. The number of hydrogen-bond donors (Lipinski definition) is 0. The summed E-state index contributed by atoms with van der Waals surface area (Å²) in [5, 5.41) is 8.93. The van der Waals surface area contributed by atoms with Crippen LogP contribution in [0.15, 0.2) is 47.6 Å². The lowest BCUT2D eigenvalue weighted by Crippen LogP contribution is -1.96. The minimum atomic E-state index is 0.641. The lowest BCUT2D eigenvalue weighted by molar-refractivity contribution is 1.03. The fraction of sp³-hybridized carbons (Fsp3) is 0.167. The first-order chi connectivity index (χ1) is 10.3. The topological polar surface area (TPSA) is 49.0 Å². The molecule has 1 aromatic heterocycles. The molecule has 0 bridgehead atoms. The Labute approximate surface area is 124 Å². The minimum absolute atomic E-state index is 0.641. The van der Waals surface area contributed by atoms with Crippen LogP contribution in [0.3, 0.4) is 0 Å². The molecule has 1 aromatic carbocycles. The van der Waals surface area contributed by atoms with E-state index in [9.17, 15) is 0 Å². The average Bonchev–Trinajstić information content (AvgIpc) is 3.02. The maximum atomic E-state index is 8.93. The third kappa shape index (κ3) is 2.90. The number of benzene rings is 1. The molecule has 102 valence electrons. The van der Waals surface area contributed by atoms with Crippen LogP contribution in [-0.4, -0.2) is 11.2 Å². The molecule has 1 aliphatic heterocycles. The normalized spacial score (nSPS) is 13.0. The van der Waals surface area contributed by atoms with Crippen molar-refractivity contribution in [3.05, 3.63) is 70.7 Å². The number of rotatable bonds is 3. The first-order valence-electron chi connectivity index (χ1n) is 6.93. The van der Waals surface area contributed by atoms with E-state index in [-0.39, 0.29) is 0 Å². The van der Waals surface area contributed by atoms with Gasteiger partial charge in [-0.3, -0.25) is 9.98 Å². The highest BCUT2D eigenvalue weighted by Crippen LogP contribution is 2.21. The molecule has 0 unspecified atom stereocenters. The summed E-state index contributed by atoms with van der Waals surface area (Å²) >= 11 is 0. The van der Waals surface area contributed by atoms with Gasteiger partial charge in [0.2, 0.25) is 0 Å². The van der Waals surface area contributed by atoms with Gasteiger partial charge in [0.15, 0.2) is 0 Å². The van der Waals surface area contributed by atoms with Crippen molar-refractivity contribution in [3.8, 4) is 6.07 Å². The van der Waals surface area contributed by atoms with E-state index in [4.69, 9.17) is 5.26 Å². The summed E-state index contributed by atoms with van der Waals surface area (Å²) in [6.07, 6.45) is 5.53. The molecule has 21 heavy (non-hydrogen) atoms. The number of aliphatic imine (C=N–C) groups is 1. The van der Waals surface area contributed by atoms with Crippen molar-refractivity contribution in [1.29, 1.82) is 5.26 Å². The molecule has 0 N–H and O–H groups in total. The molecule has 0 saturated heterocycles. The van der Waals surface area contributed by atoms with Crippen molar-refractivity contribution in [2.75, 3.05) is 0 Å². The lowest BCUT2D eigenvalue weighted by atomic mass is 10.0. The second kappa shape index (κ2) is 5.72. The maximum absolute atomic E-state index is 8.93. The fourth-order valence-corrected chi connectivity index (χ4v) is 2.41. The Kier molecular flexibility index (Phi) is 3.61. The van der Waals surface area contributed by atoms with Gasteiger partial charge in [-0.1, -0.05) is 24.3 Å². The van der Waals surface area contributed by atoms with E-state index in [1.165, 1.54) is 16.7 Å². The number of nitrogens with zero attached hydrogens (tertiary/aromatic N) is 3. The van der Waals surface area contributed by atoms with Gasteiger partial charge in [0, 0.05) is 31.0 Å². The van der Waals surface area contributed by atoms with Crippen molar-refractivity contribution in [2.24, 2.45) is 4.99 Å². The Hall–Kier alpha value is -2.73. The molecule has 0 aliphatic carbocycles. The van der Waals surface area contributed by atoms with Gasteiger partial charge in [0.05, 0.1) is 11.3 Å². The molecule has 0 atom stereocenters. The molecular weight excluding hydrogens is 258 g/mol. The minimum Gasteiger partial charge on any atom is -0.268 e. The van der Waals surface area contributed by atoms with E-state index in [0.29, 0.717) is 5.56 Å². The van der Waals surface area contributed by atoms with E-state index in [1.807, 2.05) is 31.5 Å². The second-order valence-electron chi connectivity index (χ2n) is 5.11. The third-order valence-electron chi connectivity index (χ3n) is 3.62. The molecule has 2 aromatic rings. The number of pyridine rings is 1. The van der Waals surface area contributed by atoms with Crippen LogP contribution in [0.4, 0.5) is 0 Å². The van der Waals surface area contributed by atoms with Gasteiger partial charge in [0.25, 0.3) is 0 Å². The standard InChI is InChI=1S/C18H15N3/c1-13-16(11-19)6-7-18(21-13)10-14-2-4-15(5-3-14)17-8-9-20-12-17/h2-7,9,12H,8,10H2,1H3. The summed E-state index contributed by atoms with van der Waals surface area (Å²) in [5.74, 6) is 0. The third-order valence-corrected chi connectivity index (χ3v) is 3.62. The molecule has 0 amide bonds. The maximum Gasteiger partial charge on any atom is 0.101 e. The quantitative estimate of drug-likeness (QED) is 0.856. The van der Waals surface area contributed by atoms with Gasteiger partial charge >= 0.3 is 0 Å². The Morgan fingerprint density at radius 1 is 1.14 bits per heavy atom. The smallest absolute Gasteiger partial charge is 0.101 e. The van der Waals surface area contributed by atoms with Crippen LogP contribution < -0.4 is 0 Å². The number of nitriles is 1. The zero-order valence-corrected chi connectivity index (χ0v) is 11.9. The Morgan fingerprint density at radius 2 is 1.95 bits per heavy atom. The summed E-state index contributed by atoms with van der Waals surface area (Å²) in [4.78, 5) is 8.62. The van der Waals surface area contributed by atoms with Gasteiger partial charge in [0.1, 0.15) is 6.07 Å². The SMILES string of the molecule is Cc1nc(Cc2ccc(C3=CN=CC3)cc2)ccc1C#N. The number of aromatic nitrogens is 1. The molecule has 0 saturated carbocycles. The predicted octanol–water partition coefficient (Wildman–Crippen LogP) is 3.67. The van der Waals surface area contributed by atoms with Crippen molar-refractivity contribution in [2.45, 2.75) is 19.8 Å². The average molecular weight is 273 g/mol. The molecule has 0 radical (unpaired) electrons. The largest absolute Gasteiger partial charge is 0.268 e. The molecule has 2 heterocycles. The van der Waals surface area contributed by atoms with E-state index in [2.05, 4.69) is 40.3 Å². The van der Waals surface area contributed by atoms with Crippen LogP contribution in [0.1, 0.15) is 34.5 Å². The monoisotopic (exact) mass is 273 g/mol. The predicted molar refractivity (Wildman–Crippen MR) is 84.0 cm³/mol. The van der Waals surface area contributed by atoms with Gasteiger partial charge in [-0.15, -0.1) is 0 Å². The van der Waals surface area contributed by atoms with Crippen molar-refractivity contribution in [1.82, 2.24) is 4.98 Å². The van der Waals surface area contributed by atoms with Gasteiger partial charge in [-0.05, 0) is 35.8 Å². The van der Waals surface area contributed by atoms with E-state index < -0.39 is 0 Å². The summed E-state index contributed by atoms with van der Waals surface area (Å²) in [5.41, 5.74) is 6.12. The van der Waals surface area contributed by atoms with Crippen LogP contribution >= 0.6 is 0 Å². The molecule has 1 aliphatic rings. The highest BCUT2D eigenvalue weighted by Gasteiger charge is 2.05. The van der Waals surface area contributed by atoms with Crippen molar-refractivity contribution in [3.63, 3.8) is 0 Å². The van der Waals surface area contributed by atoms with E-state index in [1.54, 1.807) is 0 Å². The number of hydrogen-bond acceptors (Lipinski definition) is 3. The summed E-state index contributed by atoms with van der Waals surface area (Å²) < 4.78 is 0. The highest BCUT2D eigenvalue weighted by molar-refractivity contribution is 5.84. The van der Waals surface area contributed by atoms with Crippen LogP contribution in [-0.2, 0) is 6.42 Å². The first-order valence-corrected chi connectivity index (χ1v) is 6.93. The van der Waals surface area contributed by atoms with Gasteiger partial charge < -0.3 is 0 Å². The molecule has 0 fully saturated rings. The van der Waals surface area contributed by atoms with Crippen molar-refractivity contribution >= 4 is 11.8 Å². The molecule has 3 rings (SSSR count). The Morgan fingerprint density at radius 3 is 2.57 bits per heavy atom. The van der Waals surface area contributed by atoms with Gasteiger partial charge in [-0.2, -0.15) is 5.26 Å². The summed E-state index contributed by atoms with van der Waals surface area (Å²) in [6, 6.07) is 14.4. The Bertz CT molecular complexity index is 762. The van der Waals surface area contributed by atoms with Gasteiger partial charge in [-0.25, -0.2) is 0 Å². The van der Waals surface area contributed by atoms with E-state index in [0.717, 1.165) is 24.2 Å². The van der Waals surface area contributed by atoms with Crippen LogP contribution in [0.5, 0.6) is 0 Å². The molecule has 3 nitrogen and oxygen atoms in total. The van der Waals surface area contributed by atoms with Crippen LogP contribution in [0.2, 0.25) is 0 Å². The zero-order valence-electron chi connectivity index (χ0n) is 11.9. The lowest BCUT2D eigenvalue weighted by Gasteiger charge is -2.06. The molecular formula is C18H15N3. The zero-order chi connectivity index (χ0) is 14.7. The second-order valence-corrected chi connectivity index (χ2v) is 5.11. The Balaban J connectivity index is 1.76.